The molecular weight excluding hydrogens is 1200 g/mol. The van der Waals surface area contributed by atoms with Crippen LogP contribution in [0.3, 0.4) is 0 Å². The average Bonchev–Trinajstić information content (AvgIpc) is 1.12. The number of nitrogens with two attached hydrogens (primary N) is 3. The van der Waals surface area contributed by atoms with Gasteiger partial charge in [-0.1, -0.05) is 103 Å². The molecule has 0 aliphatic heterocycles. The summed E-state index contributed by atoms with van der Waals surface area (Å²) >= 11 is 1.31. The van der Waals surface area contributed by atoms with Crippen molar-refractivity contribution in [2.75, 3.05) is 25.7 Å². The maximum atomic E-state index is 14.6. The van der Waals surface area contributed by atoms with Gasteiger partial charge < -0.3 is 85.1 Å². The second kappa shape index (κ2) is 38.7. The summed E-state index contributed by atoms with van der Waals surface area (Å²) in [5, 5.41) is 52.9. The predicted molar refractivity (Wildman–Crippen MR) is 338 cm³/mol. The van der Waals surface area contributed by atoms with E-state index < -0.39 is 156 Å². The molecule has 0 saturated carbocycles. The quantitative estimate of drug-likeness (QED) is 0.0331. The van der Waals surface area contributed by atoms with E-state index in [0.717, 1.165) is 5.56 Å². The van der Waals surface area contributed by atoms with Gasteiger partial charge in [0, 0.05) is 26.6 Å². The van der Waals surface area contributed by atoms with Crippen LogP contribution in [0.2, 0.25) is 0 Å². The molecular formula is C62H90N12O16S. The molecule has 11 amide bonds. The summed E-state index contributed by atoms with van der Waals surface area (Å²) in [5.41, 5.74) is 19.0. The number of phenols is 2. The topological polar surface area (TPSA) is 461 Å². The Hall–Kier alpha value is -8.83. The van der Waals surface area contributed by atoms with Gasteiger partial charge in [-0.05, 0) is 96.4 Å². The van der Waals surface area contributed by atoms with Crippen molar-refractivity contribution in [3.63, 3.8) is 0 Å². The SMILES string of the molecule is CC[C@H](C)[C@H](NC(=O)[C@@H](N)Cc1ccccc1)C(=O)N[C@@H](CC(=O)O)C(=O)N[C@@H](CC(C)C)C(=O)N[C@@H](CC(N)=O)C(=O)N[C@@H](Cc1ccc(O)cc1)C(=O)N[C@@H](CCSC)C(=O)N[C@H](C(=O)N[C@@H](Cc1ccc(O)cc1)C(=O)N[C@@H](CCOC)C(N)=O)C(C)C. The highest BCUT2D eigenvalue weighted by atomic mass is 32.2. The van der Waals surface area contributed by atoms with Gasteiger partial charge in [0.15, 0.2) is 0 Å². The van der Waals surface area contributed by atoms with E-state index in [2.05, 4.69) is 47.9 Å². The molecule has 3 aromatic carbocycles. The van der Waals surface area contributed by atoms with Gasteiger partial charge in [-0.15, -0.1) is 0 Å². The van der Waals surface area contributed by atoms with Crippen LogP contribution in [-0.4, -0.2) is 172 Å². The number of phenolic OH excluding ortho intramolecular Hbond substituents is 2. The summed E-state index contributed by atoms with van der Waals surface area (Å²) < 4.78 is 5.05. The fourth-order valence-corrected chi connectivity index (χ4v) is 9.74. The first-order valence-electron chi connectivity index (χ1n) is 29.8. The predicted octanol–water partition coefficient (Wildman–Crippen LogP) is -0.811. The van der Waals surface area contributed by atoms with Crippen molar-refractivity contribution < 1.29 is 77.6 Å². The molecule has 0 aromatic heterocycles. The number of thioether (sulfide) groups is 1. The molecule has 0 radical (unpaired) electrons. The van der Waals surface area contributed by atoms with Crippen LogP contribution in [0.4, 0.5) is 0 Å². The maximum absolute atomic E-state index is 14.6. The van der Waals surface area contributed by atoms with Gasteiger partial charge >= 0.3 is 5.97 Å². The summed E-state index contributed by atoms with van der Waals surface area (Å²) in [6, 6.07) is 5.67. The number of aromatic hydroxyl groups is 2. The minimum Gasteiger partial charge on any atom is -0.508 e. The second-order valence-corrected chi connectivity index (χ2v) is 23.9. The van der Waals surface area contributed by atoms with Crippen molar-refractivity contribution in [1.29, 1.82) is 0 Å². The molecule has 0 aliphatic carbocycles. The molecule has 11 atom stereocenters. The number of primary amides is 2. The Balaban J connectivity index is 1.94. The number of hydrogen-bond acceptors (Lipinski definition) is 17. The van der Waals surface area contributed by atoms with Crippen LogP contribution >= 0.6 is 11.8 Å². The summed E-state index contributed by atoms with van der Waals surface area (Å²) in [6.07, 6.45) is -0.246. The van der Waals surface area contributed by atoms with E-state index in [9.17, 15) is 72.9 Å². The van der Waals surface area contributed by atoms with E-state index in [1.807, 2.05) is 0 Å². The van der Waals surface area contributed by atoms with Crippen LogP contribution < -0.4 is 65.1 Å². The van der Waals surface area contributed by atoms with Crippen LogP contribution in [0.5, 0.6) is 11.5 Å². The monoisotopic (exact) mass is 1290 g/mol. The molecule has 0 spiro atoms. The van der Waals surface area contributed by atoms with Crippen LogP contribution in [0.25, 0.3) is 0 Å². The fourth-order valence-electron chi connectivity index (χ4n) is 9.27. The third-order valence-electron chi connectivity index (χ3n) is 14.6. The van der Waals surface area contributed by atoms with Gasteiger partial charge in [0.25, 0.3) is 0 Å². The molecule has 28 nitrogen and oxygen atoms in total. The Morgan fingerprint density at radius 1 is 0.495 bits per heavy atom. The molecule has 0 fully saturated rings. The highest BCUT2D eigenvalue weighted by Crippen LogP contribution is 2.17. The molecule has 18 N–H and O–H groups in total. The lowest BCUT2D eigenvalue weighted by Gasteiger charge is -2.29. The number of benzene rings is 3. The minimum absolute atomic E-state index is 0.0118. The van der Waals surface area contributed by atoms with E-state index in [1.54, 1.807) is 78.1 Å². The zero-order valence-electron chi connectivity index (χ0n) is 52.6. The Labute approximate surface area is 533 Å². The van der Waals surface area contributed by atoms with E-state index >= 15 is 0 Å². The van der Waals surface area contributed by atoms with Gasteiger partial charge in [-0.2, -0.15) is 11.8 Å². The number of carboxylic acids is 1. The first-order chi connectivity index (χ1) is 43.0. The van der Waals surface area contributed by atoms with Crippen molar-refractivity contribution in [3.8, 4) is 11.5 Å². The fraction of sp³-hybridized carbons (Fsp3) is 0.516. The van der Waals surface area contributed by atoms with E-state index in [0.29, 0.717) is 17.5 Å². The van der Waals surface area contributed by atoms with Crippen LogP contribution in [-0.2, 0) is 81.5 Å². The number of aliphatic carboxylic acids is 1. The number of methoxy groups -OCH3 is 1. The Morgan fingerprint density at radius 3 is 1.38 bits per heavy atom. The van der Waals surface area contributed by atoms with Crippen LogP contribution in [0, 0.1) is 17.8 Å². The largest absolute Gasteiger partial charge is 0.508 e. The molecule has 0 saturated heterocycles. The number of carboxylic acid groups (broad SMARTS) is 1. The van der Waals surface area contributed by atoms with E-state index in [1.165, 1.54) is 67.4 Å². The van der Waals surface area contributed by atoms with Gasteiger partial charge in [0.05, 0.1) is 18.9 Å². The van der Waals surface area contributed by atoms with Crippen LogP contribution in [0.1, 0.15) is 96.8 Å². The number of ether oxygens (including phenoxy) is 1. The third-order valence-corrected chi connectivity index (χ3v) is 15.2. The number of carbonyl (C=O) groups is 12. The van der Waals surface area contributed by atoms with E-state index in [4.69, 9.17) is 21.9 Å². The molecule has 0 bridgehead atoms. The van der Waals surface area contributed by atoms with Gasteiger partial charge in [-0.3, -0.25) is 57.5 Å². The standard InChI is InChI=1S/C62H90N12O16S/c1-9-35(6)52(74-54(81)41(63)28-36-13-11-10-12-14-36)62(89)72-48(32-50(78)79)60(87)68-44(27-33(2)3)56(83)70-47(31-49(64)77)59(86)69-45(29-37-15-19-39(75)20-16-37)58(85)67-43(24-26-91-8)55(82)73-51(34(4)5)61(88)71-46(30-38-17-21-40(76)22-18-38)57(84)66-42(53(65)80)23-25-90-7/h10-22,33-35,41-48,51-52,75-76H,9,23-32,63H2,1-8H3,(H2,64,77)(H2,65,80)(H,66,84)(H,67,85)(H,68,87)(H,69,86)(H,70,83)(H,71,88)(H,72,89)(H,73,82)(H,74,81)(H,78,79)/t35-,41-,42-,43-,44-,45-,46-,47-,48-,51-,52-/m0/s1. The lowest BCUT2D eigenvalue weighted by Crippen LogP contribution is -2.62. The Kier molecular flexibility index (Phi) is 32.5. The lowest BCUT2D eigenvalue weighted by molar-refractivity contribution is -0.142. The molecule has 3 aromatic rings. The minimum atomic E-state index is -1.85. The van der Waals surface area contributed by atoms with Crippen molar-refractivity contribution in [2.24, 2.45) is 35.0 Å². The highest BCUT2D eigenvalue weighted by Gasteiger charge is 2.38. The smallest absolute Gasteiger partial charge is 0.305 e. The van der Waals surface area contributed by atoms with Crippen LogP contribution in [0.15, 0.2) is 78.9 Å². The van der Waals surface area contributed by atoms with Crippen molar-refractivity contribution in [3.05, 3.63) is 95.6 Å². The molecule has 3 rings (SSSR count). The van der Waals surface area contributed by atoms with Crippen molar-refractivity contribution in [2.45, 2.75) is 160 Å². The number of rotatable bonds is 40. The first-order valence-corrected chi connectivity index (χ1v) is 31.2. The van der Waals surface area contributed by atoms with Crippen molar-refractivity contribution in [1.82, 2.24) is 47.9 Å². The second-order valence-electron chi connectivity index (χ2n) is 22.9. The van der Waals surface area contributed by atoms with Gasteiger partial charge in [0.1, 0.15) is 65.9 Å². The van der Waals surface area contributed by atoms with E-state index in [-0.39, 0.29) is 68.3 Å². The number of amides is 11. The molecule has 29 heteroatoms. The molecule has 0 aliphatic rings. The van der Waals surface area contributed by atoms with Gasteiger partial charge in [-0.25, -0.2) is 0 Å². The summed E-state index contributed by atoms with van der Waals surface area (Å²) in [7, 11) is 1.39. The number of carbonyl (C=O) groups excluding carboxylic acids is 11. The highest BCUT2D eigenvalue weighted by molar-refractivity contribution is 7.98. The van der Waals surface area contributed by atoms with Crippen molar-refractivity contribution >= 4 is 82.7 Å². The summed E-state index contributed by atoms with van der Waals surface area (Å²) in [5.74, 6) is -13.4. The summed E-state index contributed by atoms with van der Waals surface area (Å²) in [6.45, 7) is 10.1. The third kappa shape index (κ3) is 27.0. The molecule has 500 valence electrons. The summed E-state index contributed by atoms with van der Waals surface area (Å²) in [4.78, 5) is 164. The zero-order chi connectivity index (χ0) is 68.1. The zero-order valence-corrected chi connectivity index (χ0v) is 53.4. The Morgan fingerprint density at radius 2 is 0.912 bits per heavy atom. The molecule has 0 unspecified atom stereocenters. The first kappa shape index (κ1) is 76.4. The number of hydrogen-bond donors (Lipinski definition) is 15. The number of nitrogens with one attached hydrogen (secondary N) is 9. The normalized spacial score (nSPS) is 14.8. The average molecular weight is 1290 g/mol. The lowest BCUT2D eigenvalue weighted by atomic mass is 9.96. The van der Waals surface area contributed by atoms with Gasteiger partial charge in [0.2, 0.25) is 65.0 Å². The maximum Gasteiger partial charge on any atom is 0.305 e. The molecule has 0 heterocycles. The Bertz CT molecular complexity index is 2940. The molecule has 91 heavy (non-hydrogen) atoms.